The SMILES string of the molecule is Cc1ccc(NC(=S)Nc2cccc(SC(C)C(=O)Nc3nccs3)c2)cc1. The van der Waals surface area contributed by atoms with Crippen LogP contribution in [0.15, 0.2) is 65.0 Å². The Labute approximate surface area is 178 Å². The van der Waals surface area contributed by atoms with E-state index in [2.05, 4.69) is 20.9 Å². The summed E-state index contributed by atoms with van der Waals surface area (Å²) in [5, 5.41) is 11.9. The minimum Gasteiger partial charge on any atom is -0.332 e. The highest BCUT2D eigenvalue weighted by molar-refractivity contribution is 8.00. The molecule has 0 aliphatic rings. The number of benzene rings is 2. The fourth-order valence-corrected chi connectivity index (χ4v) is 4.02. The number of aromatic nitrogens is 1. The van der Waals surface area contributed by atoms with Gasteiger partial charge in [0.2, 0.25) is 5.91 Å². The summed E-state index contributed by atoms with van der Waals surface area (Å²) in [5.41, 5.74) is 2.99. The first-order chi connectivity index (χ1) is 13.5. The van der Waals surface area contributed by atoms with E-state index in [0.29, 0.717) is 10.2 Å². The van der Waals surface area contributed by atoms with Gasteiger partial charge in [-0.3, -0.25) is 4.79 Å². The first-order valence-corrected chi connectivity index (χ1v) is 10.8. The van der Waals surface area contributed by atoms with Gasteiger partial charge in [-0.2, -0.15) is 0 Å². The maximum absolute atomic E-state index is 12.3. The largest absolute Gasteiger partial charge is 0.332 e. The zero-order valence-corrected chi connectivity index (χ0v) is 17.9. The lowest BCUT2D eigenvalue weighted by Crippen LogP contribution is -2.22. The summed E-state index contributed by atoms with van der Waals surface area (Å²) >= 11 is 8.27. The van der Waals surface area contributed by atoms with Gasteiger partial charge in [-0.25, -0.2) is 4.98 Å². The summed E-state index contributed by atoms with van der Waals surface area (Å²) in [7, 11) is 0. The van der Waals surface area contributed by atoms with E-state index in [1.54, 1.807) is 6.20 Å². The molecule has 28 heavy (non-hydrogen) atoms. The van der Waals surface area contributed by atoms with E-state index >= 15 is 0 Å². The molecule has 0 spiro atoms. The Morgan fingerprint density at radius 1 is 1.11 bits per heavy atom. The highest BCUT2D eigenvalue weighted by Gasteiger charge is 2.15. The Kier molecular flexibility index (Phi) is 7.02. The Balaban J connectivity index is 1.56. The molecule has 3 N–H and O–H groups in total. The standard InChI is InChI=1S/C20H20N4OS3/c1-13-6-8-15(9-7-13)22-19(26)23-16-4-3-5-17(12-16)28-14(2)18(25)24-20-21-10-11-27-20/h3-12,14H,1-2H3,(H,21,24,25)(H2,22,23,26). The van der Waals surface area contributed by atoms with Crippen molar-refractivity contribution in [2.24, 2.45) is 0 Å². The van der Waals surface area contributed by atoms with Crippen LogP contribution in [0.1, 0.15) is 12.5 Å². The Hall–Kier alpha value is -2.42. The van der Waals surface area contributed by atoms with Gasteiger partial charge in [0, 0.05) is 27.8 Å². The van der Waals surface area contributed by atoms with E-state index in [-0.39, 0.29) is 11.2 Å². The number of aryl methyl sites for hydroxylation is 1. The van der Waals surface area contributed by atoms with Gasteiger partial charge in [0.1, 0.15) is 0 Å². The number of rotatable bonds is 6. The maximum Gasteiger partial charge on any atom is 0.239 e. The number of hydrogen-bond acceptors (Lipinski definition) is 5. The fourth-order valence-electron chi connectivity index (χ4n) is 2.33. The second-order valence-corrected chi connectivity index (χ2v) is 8.78. The number of thiocarbonyl (C=S) groups is 1. The minimum atomic E-state index is -0.253. The molecule has 1 aromatic heterocycles. The second-order valence-electron chi connectivity index (χ2n) is 6.06. The highest BCUT2D eigenvalue weighted by Crippen LogP contribution is 2.27. The third-order valence-electron chi connectivity index (χ3n) is 3.75. The van der Waals surface area contributed by atoms with Crippen molar-refractivity contribution >= 4 is 62.8 Å². The molecule has 1 heterocycles. The summed E-state index contributed by atoms with van der Waals surface area (Å²) < 4.78 is 0. The monoisotopic (exact) mass is 428 g/mol. The molecule has 1 amide bonds. The molecular formula is C20H20N4OS3. The van der Waals surface area contributed by atoms with Crippen molar-refractivity contribution in [1.82, 2.24) is 4.98 Å². The number of anilines is 3. The summed E-state index contributed by atoms with van der Waals surface area (Å²) in [6.45, 7) is 3.92. The number of nitrogens with zero attached hydrogens (tertiary/aromatic N) is 1. The molecule has 8 heteroatoms. The Morgan fingerprint density at radius 3 is 2.57 bits per heavy atom. The first kappa shape index (κ1) is 20.3. The van der Waals surface area contributed by atoms with Gasteiger partial charge in [0.05, 0.1) is 5.25 Å². The number of thioether (sulfide) groups is 1. The Morgan fingerprint density at radius 2 is 1.86 bits per heavy atom. The number of amides is 1. The molecule has 3 aromatic rings. The van der Waals surface area contributed by atoms with Gasteiger partial charge in [-0.05, 0) is 56.4 Å². The maximum atomic E-state index is 12.3. The van der Waals surface area contributed by atoms with Crippen molar-refractivity contribution in [3.8, 4) is 0 Å². The zero-order chi connectivity index (χ0) is 19.9. The summed E-state index contributed by atoms with van der Waals surface area (Å²) in [6, 6.07) is 15.8. The van der Waals surface area contributed by atoms with Crippen LogP contribution in [0.5, 0.6) is 0 Å². The van der Waals surface area contributed by atoms with E-state index in [0.717, 1.165) is 16.3 Å². The van der Waals surface area contributed by atoms with E-state index in [1.165, 1.54) is 28.7 Å². The molecule has 0 saturated carbocycles. The molecule has 0 radical (unpaired) electrons. The van der Waals surface area contributed by atoms with Crippen LogP contribution < -0.4 is 16.0 Å². The summed E-state index contributed by atoms with van der Waals surface area (Å²) in [5.74, 6) is -0.0742. The molecule has 1 atom stereocenters. The van der Waals surface area contributed by atoms with Crippen LogP contribution in [-0.4, -0.2) is 21.3 Å². The lowest BCUT2D eigenvalue weighted by molar-refractivity contribution is -0.115. The molecule has 144 valence electrons. The summed E-state index contributed by atoms with van der Waals surface area (Å²) in [4.78, 5) is 17.3. The van der Waals surface area contributed by atoms with E-state index in [4.69, 9.17) is 12.2 Å². The predicted octanol–water partition coefficient (Wildman–Crippen LogP) is 5.38. The van der Waals surface area contributed by atoms with Crippen molar-refractivity contribution in [1.29, 1.82) is 0 Å². The number of thiazole rings is 1. The van der Waals surface area contributed by atoms with Crippen LogP contribution in [0.25, 0.3) is 0 Å². The van der Waals surface area contributed by atoms with Crippen molar-refractivity contribution in [2.75, 3.05) is 16.0 Å². The molecule has 0 fully saturated rings. The lowest BCUT2D eigenvalue weighted by Gasteiger charge is -2.13. The number of carbonyl (C=O) groups excluding carboxylic acids is 1. The van der Waals surface area contributed by atoms with Crippen molar-refractivity contribution in [2.45, 2.75) is 24.0 Å². The number of hydrogen-bond donors (Lipinski definition) is 3. The zero-order valence-electron chi connectivity index (χ0n) is 15.4. The molecule has 0 aliphatic heterocycles. The summed E-state index contributed by atoms with van der Waals surface area (Å²) in [6.07, 6.45) is 1.67. The smallest absolute Gasteiger partial charge is 0.239 e. The van der Waals surface area contributed by atoms with E-state index < -0.39 is 0 Å². The quantitative estimate of drug-likeness (QED) is 0.362. The first-order valence-electron chi connectivity index (χ1n) is 8.61. The van der Waals surface area contributed by atoms with Crippen LogP contribution in [0.4, 0.5) is 16.5 Å². The third kappa shape index (κ3) is 6.05. The average Bonchev–Trinajstić information content (AvgIpc) is 3.17. The van der Waals surface area contributed by atoms with Crippen molar-refractivity contribution in [3.63, 3.8) is 0 Å². The van der Waals surface area contributed by atoms with E-state index in [9.17, 15) is 4.79 Å². The molecule has 3 rings (SSSR count). The van der Waals surface area contributed by atoms with Gasteiger partial charge in [0.25, 0.3) is 0 Å². The predicted molar refractivity (Wildman–Crippen MR) is 124 cm³/mol. The molecule has 0 aliphatic carbocycles. The van der Waals surface area contributed by atoms with Crippen molar-refractivity contribution in [3.05, 3.63) is 65.7 Å². The normalized spacial score (nSPS) is 11.5. The fraction of sp³-hybridized carbons (Fsp3) is 0.150. The topological polar surface area (TPSA) is 66.0 Å². The second kappa shape index (κ2) is 9.68. The lowest BCUT2D eigenvalue weighted by atomic mass is 10.2. The highest BCUT2D eigenvalue weighted by atomic mass is 32.2. The minimum absolute atomic E-state index is 0.0742. The molecular weight excluding hydrogens is 408 g/mol. The average molecular weight is 429 g/mol. The van der Waals surface area contributed by atoms with Crippen LogP contribution in [0, 0.1) is 6.92 Å². The van der Waals surface area contributed by atoms with Gasteiger partial charge in [-0.15, -0.1) is 23.1 Å². The molecule has 1 unspecified atom stereocenters. The van der Waals surface area contributed by atoms with Gasteiger partial charge < -0.3 is 16.0 Å². The molecule has 0 saturated heterocycles. The molecule has 0 bridgehead atoms. The van der Waals surface area contributed by atoms with Gasteiger partial charge >= 0.3 is 0 Å². The number of carbonyl (C=O) groups is 1. The Bertz CT molecular complexity index is 942. The van der Waals surface area contributed by atoms with Crippen LogP contribution in [0.2, 0.25) is 0 Å². The third-order valence-corrected chi connectivity index (χ3v) is 5.73. The van der Waals surface area contributed by atoms with Crippen molar-refractivity contribution < 1.29 is 4.79 Å². The van der Waals surface area contributed by atoms with Crippen LogP contribution >= 0.6 is 35.3 Å². The van der Waals surface area contributed by atoms with Gasteiger partial charge in [0.15, 0.2) is 10.2 Å². The molecule has 5 nitrogen and oxygen atoms in total. The molecule has 2 aromatic carbocycles. The van der Waals surface area contributed by atoms with Gasteiger partial charge in [-0.1, -0.05) is 23.8 Å². The van der Waals surface area contributed by atoms with Crippen LogP contribution in [0.3, 0.4) is 0 Å². The van der Waals surface area contributed by atoms with Crippen LogP contribution in [-0.2, 0) is 4.79 Å². The number of nitrogens with one attached hydrogen (secondary N) is 3. The van der Waals surface area contributed by atoms with E-state index in [1.807, 2.05) is 67.8 Å².